The molecule has 0 saturated heterocycles. The molecule has 5 heteroatoms. The summed E-state index contributed by atoms with van der Waals surface area (Å²) in [7, 11) is 0. The number of hydrogen-bond acceptors (Lipinski definition) is 4. The molecule has 0 aliphatic heterocycles. The van der Waals surface area contributed by atoms with Crippen molar-refractivity contribution in [3.8, 4) is 0 Å². The van der Waals surface area contributed by atoms with Crippen molar-refractivity contribution in [2.45, 2.75) is 58.0 Å². The number of hydrogen-bond donors (Lipinski definition) is 1. The van der Waals surface area contributed by atoms with Crippen LogP contribution >= 0.6 is 0 Å². The van der Waals surface area contributed by atoms with Crippen LogP contribution in [0.2, 0.25) is 0 Å². The summed E-state index contributed by atoms with van der Waals surface area (Å²) in [6.45, 7) is 4.93. The van der Waals surface area contributed by atoms with Gasteiger partial charge in [0.25, 0.3) is 5.69 Å². The number of benzene rings is 1. The summed E-state index contributed by atoms with van der Waals surface area (Å²) in [4.78, 5) is 13.2. The van der Waals surface area contributed by atoms with E-state index in [1.54, 1.807) is 12.1 Å². The van der Waals surface area contributed by atoms with Gasteiger partial charge in [0.1, 0.15) is 0 Å². The molecule has 0 heterocycles. The summed E-state index contributed by atoms with van der Waals surface area (Å²) < 4.78 is 0. The van der Waals surface area contributed by atoms with E-state index in [0.29, 0.717) is 12.1 Å². The highest BCUT2D eigenvalue weighted by Crippen LogP contribution is 2.33. The van der Waals surface area contributed by atoms with Gasteiger partial charge in [0.2, 0.25) is 0 Å². The van der Waals surface area contributed by atoms with Crippen LogP contribution in [0.25, 0.3) is 0 Å². The first-order valence-corrected chi connectivity index (χ1v) is 7.80. The first-order chi connectivity index (χ1) is 10.0. The molecule has 5 nitrogen and oxygen atoms in total. The lowest BCUT2D eigenvalue weighted by molar-refractivity contribution is -0.385. The van der Waals surface area contributed by atoms with Crippen LogP contribution in [0.4, 0.5) is 11.4 Å². The third-order valence-corrected chi connectivity index (χ3v) is 4.43. The molecule has 0 spiro atoms. The second-order valence-electron chi connectivity index (χ2n) is 5.94. The summed E-state index contributed by atoms with van der Waals surface area (Å²) in [6, 6.07) is 6.14. The summed E-state index contributed by atoms with van der Waals surface area (Å²) in [6.07, 6.45) is 5.26. The van der Waals surface area contributed by atoms with Crippen LogP contribution in [0.3, 0.4) is 0 Å². The van der Waals surface area contributed by atoms with Gasteiger partial charge in [0.15, 0.2) is 0 Å². The molecule has 1 saturated carbocycles. The van der Waals surface area contributed by atoms with Crippen LogP contribution in [-0.2, 0) is 0 Å². The summed E-state index contributed by atoms with van der Waals surface area (Å²) >= 11 is 0. The molecule has 0 bridgehead atoms. The largest absolute Gasteiger partial charge is 0.368 e. The Hall–Kier alpha value is -1.62. The van der Waals surface area contributed by atoms with Crippen molar-refractivity contribution in [1.29, 1.82) is 0 Å². The van der Waals surface area contributed by atoms with Crippen molar-refractivity contribution in [2.75, 3.05) is 11.4 Å². The molecule has 116 valence electrons. The minimum absolute atomic E-state index is 0.209. The second-order valence-corrected chi connectivity index (χ2v) is 5.94. The van der Waals surface area contributed by atoms with Crippen molar-refractivity contribution < 1.29 is 4.92 Å². The molecule has 0 atom stereocenters. The van der Waals surface area contributed by atoms with Crippen molar-refractivity contribution in [2.24, 2.45) is 5.73 Å². The van der Waals surface area contributed by atoms with Gasteiger partial charge in [0.05, 0.1) is 10.5 Å². The Morgan fingerprint density at radius 1 is 1.33 bits per heavy atom. The minimum atomic E-state index is -0.292. The summed E-state index contributed by atoms with van der Waals surface area (Å²) in [5.41, 5.74) is 7.98. The van der Waals surface area contributed by atoms with Gasteiger partial charge in [-0.25, -0.2) is 0 Å². The normalized spacial score (nSPS) is 22.0. The molecule has 0 amide bonds. The molecule has 21 heavy (non-hydrogen) atoms. The molecule has 1 aromatic carbocycles. The molecule has 0 unspecified atom stereocenters. The number of nitrogens with zero attached hydrogens (tertiary/aromatic N) is 2. The molecule has 1 fully saturated rings. The zero-order chi connectivity index (χ0) is 15.4. The van der Waals surface area contributed by atoms with Crippen molar-refractivity contribution in [3.63, 3.8) is 0 Å². The lowest BCUT2D eigenvalue weighted by atomic mass is 9.90. The Kier molecular flexibility index (Phi) is 5.17. The van der Waals surface area contributed by atoms with Crippen LogP contribution in [0.5, 0.6) is 0 Å². The number of nitrogens with two attached hydrogens (primary N) is 1. The molecule has 1 aliphatic rings. The monoisotopic (exact) mass is 291 g/mol. The van der Waals surface area contributed by atoms with Crippen LogP contribution in [0.15, 0.2) is 18.2 Å². The molecule has 1 aromatic rings. The molecule has 0 aromatic heterocycles. The van der Waals surface area contributed by atoms with Gasteiger partial charge in [-0.3, -0.25) is 10.1 Å². The third-order valence-electron chi connectivity index (χ3n) is 4.43. The predicted octanol–water partition coefficient (Wildman–Crippen LogP) is 3.39. The van der Waals surface area contributed by atoms with Gasteiger partial charge in [-0.2, -0.15) is 0 Å². The zero-order valence-corrected chi connectivity index (χ0v) is 12.9. The standard InChI is InChI=1S/C16H25N3O2/c1-3-11-18(14-9-7-13(17)8-10-14)15-5-4-6-16(12(15)2)19(20)21/h4-6,13-14H,3,7-11,17H2,1-2H3. The summed E-state index contributed by atoms with van der Waals surface area (Å²) in [5.74, 6) is 0. The fraction of sp³-hybridized carbons (Fsp3) is 0.625. The highest BCUT2D eigenvalue weighted by molar-refractivity contribution is 5.62. The van der Waals surface area contributed by atoms with Gasteiger partial charge >= 0.3 is 0 Å². The first kappa shape index (κ1) is 15.8. The van der Waals surface area contributed by atoms with Gasteiger partial charge in [-0.15, -0.1) is 0 Å². The van der Waals surface area contributed by atoms with Crippen molar-refractivity contribution >= 4 is 11.4 Å². The lowest BCUT2D eigenvalue weighted by Gasteiger charge is -2.38. The maximum absolute atomic E-state index is 11.1. The maximum Gasteiger partial charge on any atom is 0.274 e. The van der Waals surface area contributed by atoms with E-state index in [9.17, 15) is 10.1 Å². The molecular weight excluding hydrogens is 266 g/mol. The molecule has 2 N–H and O–H groups in total. The predicted molar refractivity (Wildman–Crippen MR) is 85.7 cm³/mol. The van der Waals surface area contributed by atoms with Gasteiger partial charge < -0.3 is 10.6 Å². The van der Waals surface area contributed by atoms with Crippen LogP contribution in [-0.4, -0.2) is 23.6 Å². The van der Waals surface area contributed by atoms with E-state index in [-0.39, 0.29) is 10.6 Å². The van der Waals surface area contributed by atoms with Crippen molar-refractivity contribution in [3.05, 3.63) is 33.9 Å². The average Bonchev–Trinajstić information content (AvgIpc) is 2.46. The fourth-order valence-electron chi connectivity index (χ4n) is 3.27. The number of nitro benzene ring substituents is 1. The lowest BCUT2D eigenvalue weighted by Crippen LogP contribution is -2.41. The minimum Gasteiger partial charge on any atom is -0.368 e. The quantitative estimate of drug-likeness (QED) is 0.666. The Morgan fingerprint density at radius 3 is 2.57 bits per heavy atom. The topological polar surface area (TPSA) is 72.4 Å². The van der Waals surface area contributed by atoms with E-state index in [1.807, 2.05) is 13.0 Å². The van der Waals surface area contributed by atoms with Crippen LogP contribution in [0.1, 0.15) is 44.6 Å². The second kappa shape index (κ2) is 6.89. The van der Waals surface area contributed by atoms with Gasteiger partial charge in [-0.1, -0.05) is 13.0 Å². The van der Waals surface area contributed by atoms with E-state index in [2.05, 4.69) is 11.8 Å². The Labute approximate surface area is 126 Å². The smallest absolute Gasteiger partial charge is 0.274 e. The number of nitro groups is 1. The van der Waals surface area contributed by atoms with Crippen LogP contribution < -0.4 is 10.6 Å². The fourth-order valence-corrected chi connectivity index (χ4v) is 3.27. The third kappa shape index (κ3) is 3.53. The Morgan fingerprint density at radius 2 is 2.00 bits per heavy atom. The average molecular weight is 291 g/mol. The molecular formula is C16H25N3O2. The molecule has 1 aliphatic carbocycles. The number of rotatable bonds is 5. The van der Waals surface area contributed by atoms with E-state index in [0.717, 1.165) is 49.9 Å². The van der Waals surface area contributed by atoms with Gasteiger partial charge in [-0.05, 0) is 45.1 Å². The molecule has 0 radical (unpaired) electrons. The first-order valence-electron chi connectivity index (χ1n) is 7.80. The SMILES string of the molecule is CCCN(c1cccc([N+](=O)[O-])c1C)C1CCC(N)CC1. The maximum atomic E-state index is 11.1. The highest BCUT2D eigenvalue weighted by atomic mass is 16.6. The van der Waals surface area contributed by atoms with E-state index < -0.39 is 0 Å². The highest BCUT2D eigenvalue weighted by Gasteiger charge is 2.26. The van der Waals surface area contributed by atoms with E-state index in [1.165, 1.54) is 0 Å². The Bertz CT molecular complexity index is 496. The number of anilines is 1. The van der Waals surface area contributed by atoms with E-state index in [4.69, 9.17) is 5.73 Å². The summed E-state index contributed by atoms with van der Waals surface area (Å²) in [5, 5.41) is 11.1. The van der Waals surface area contributed by atoms with Crippen LogP contribution in [0, 0.1) is 17.0 Å². The zero-order valence-electron chi connectivity index (χ0n) is 12.9. The van der Waals surface area contributed by atoms with Gasteiger partial charge in [0, 0.05) is 30.4 Å². The Balaban J connectivity index is 2.30. The van der Waals surface area contributed by atoms with Crippen molar-refractivity contribution in [1.82, 2.24) is 0 Å². The molecule has 2 rings (SSSR count). The van der Waals surface area contributed by atoms with E-state index >= 15 is 0 Å².